The highest BCUT2D eigenvalue weighted by Crippen LogP contribution is 2.30. The van der Waals surface area contributed by atoms with E-state index in [-0.39, 0.29) is 5.82 Å². The van der Waals surface area contributed by atoms with Gasteiger partial charge in [0, 0.05) is 38.4 Å². The van der Waals surface area contributed by atoms with Crippen LogP contribution in [0.1, 0.15) is 11.5 Å². The zero-order valence-electron chi connectivity index (χ0n) is 14.0. The van der Waals surface area contributed by atoms with Crippen LogP contribution in [0, 0.1) is 6.92 Å². The van der Waals surface area contributed by atoms with Gasteiger partial charge in [0.05, 0.1) is 5.52 Å². The van der Waals surface area contributed by atoms with Crippen LogP contribution in [-0.2, 0) is 6.18 Å². The number of aromatic amines is 1. The lowest BCUT2D eigenvalue weighted by molar-refractivity contribution is -0.141. The fourth-order valence-electron chi connectivity index (χ4n) is 3.10. The van der Waals surface area contributed by atoms with Crippen molar-refractivity contribution in [3.05, 3.63) is 36.2 Å². The Bertz CT molecular complexity index is 929. The molecular formula is C16H16F3N7. The van der Waals surface area contributed by atoms with Crippen LogP contribution in [0.4, 0.5) is 24.8 Å². The third-order valence-electron chi connectivity index (χ3n) is 4.34. The van der Waals surface area contributed by atoms with Gasteiger partial charge in [0.2, 0.25) is 0 Å². The predicted octanol–water partition coefficient (Wildman–Crippen LogP) is 2.40. The van der Waals surface area contributed by atoms with Gasteiger partial charge in [0.1, 0.15) is 29.2 Å². The molecule has 26 heavy (non-hydrogen) atoms. The number of fused-ring (bicyclic) bond motifs is 1. The fourth-order valence-corrected chi connectivity index (χ4v) is 3.10. The van der Waals surface area contributed by atoms with Crippen LogP contribution in [0.3, 0.4) is 0 Å². The van der Waals surface area contributed by atoms with Crippen molar-refractivity contribution in [1.82, 2.24) is 24.9 Å². The van der Waals surface area contributed by atoms with E-state index in [0.29, 0.717) is 32.0 Å². The average Bonchev–Trinajstić information content (AvgIpc) is 3.09. The molecule has 0 atom stereocenters. The number of halogens is 3. The summed E-state index contributed by atoms with van der Waals surface area (Å²) >= 11 is 0. The first-order valence-electron chi connectivity index (χ1n) is 8.13. The van der Waals surface area contributed by atoms with Crippen molar-refractivity contribution in [2.45, 2.75) is 13.1 Å². The average molecular weight is 363 g/mol. The Kier molecular flexibility index (Phi) is 3.89. The lowest BCUT2D eigenvalue weighted by atomic mass is 10.2. The number of H-pyrrole nitrogens is 1. The van der Waals surface area contributed by atoms with Crippen LogP contribution >= 0.6 is 0 Å². The van der Waals surface area contributed by atoms with Crippen LogP contribution in [-0.4, -0.2) is 51.1 Å². The van der Waals surface area contributed by atoms with Gasteiger partial charge in [0.15, 0.2) is 5.82 Å². The van der Waals surface area contributed by atoms with Crippen LogP contribution in [0.5, 0.6) is 0 Å². The van der Waals surface area contributed by atoms with E-state index in [1.54, 1.807) is 6.20 Å². The number of alkyl halides is 3. The fraction of sp³-hybridized carbons (Fsp3) is 0.375. The van der Waals surface area contributed by atoms with E-state index in [2.05, 4.69) is 29.8 Å². The molecule has 0 aliphatic carbocycles. The van der Waals surface area contributed by atoms with Gasteiger partial charge in [0.25, 0.3) is 0 Å². The summed E-state index contributed by atoms with van der Waals surface area (Å²) in [4.78, 5) is 23.3. The second kappa shape index (κ2) is 6.11. The molecule has 0 saturated carbocycles. The SMILES string of the molecule is Cc1nc(N2CCN(c3ncnc4cc[nH]c34)CC2)cc(C(F)(F)F)n1. The van der Waals surface area contributed by atoms with Gasteiger partial charge in [-0.05, 0) is 13.0 Å². The van der Waals surface area contributed by atoms with Crippen molar-refractivity contribution < 1.29 is 13.2 Å². The Morgan fingerprint density at radius 1 is 1.04 bits per heavy atom. The highest BCUT2D eigenvalue weighted by atomic mass is 19.4. The van der Waals surface area contributed by atoms with Gasteiger partial charge in [-0.1, -0.05) is 0 Å². The summed E-state index contributed by atoms with van der Waals surface area (Å²) in [5, 5.41) is 0. The maximum atomic E-state index is 13.0. The maximum Gasteiger partial charge on any atom is 0.433 e. The molecule has 1 aliphatic heterocycles. The molecule has 4 heterocycles. The van der Waals surface area contributed by atoms with Crippen molar-refractivity contribution in [2.24, 2.45) is 0 Å². The summed E-state index contributed by atoms with van der Waals surface area (Å²) in [5.74, 6) is 1.22. The van der Waals surface area contributed by atoms with Crippen molar-refractivity contribution in [2.75, 3.05) is 36.0 Å². The molecule has 0 amide bonds. The number of nitrogens with one attached hydrogen (secondary N) is 1. The lowest BCUT2D eigenvalue weighted by Crippen LogP contribution is -2.47. The molecule has 3 aromatic heterocycles. The molecule has 1 fully saturated rings. The highest BCUT2D eigenvalue weighted by molar-refractivity contribution is 5.86. The van der Waals surface area contributed by atoms with E-state index >= 15 is 0 Å². The summed E-state index contributed by atoms with van der Waals surface area (Å²) in [6, 6.07) is 2.88. The van der Waals surface area contributed by atoms with Crippen LogP contribution in [0.15, 0.2) is 24.7 Å². The van der Waals surface area contributed by atoms with Gasteiger partial charge in [-0.3, -0.25) is 0 Å². The number of nitrogens with zero attached hydrogens (tertiary/aromatic N) is 6. The van der Waals surface area contributed by atoms with Crippen molar-refractivity contribution in [1.29, 1.82) is 0 Å². The standard InChI is InChI=1S/C16H16F3N7/c1-10-23-12(16(17,18)19)8-13(24-10)25-4-6-26(7-5-25)15-14-11(2-3-20-14)21-9-22-15/h2-3,8-9,20H,4-7H2,1H3. The van der Waals surface area contributed by atoms with Gasteiger partial charge < -0.3 is 14.8 Å². The molecule has 10 heteroatoms. The molecule has 7 nitrogen and oxygen atoms in total. The molecule has 0 bridgehead atoms. The normalized spacial score (nSPS) is 15.7. The zero-order valence-corrected chi connectivity index (χ0v) is 14.0. The Balaban J connectivity index is 1.54. The maximum absolute atomic E-state index is 13.0. The van der Waals surface area contributed by atoms with E-state index < -0.39 is 11.9 Å². The van der Waals surface area contributed by atoms with Crippen LogP contribution < -0.4 is 9.80 Å². The zero-order chi connectivity index (χ0) is 18.3. The Labute approximate surface area is 146 Å². The van der Waals surface area contributed by atoms with Crippen molar-refractivity contribution in [3.8, 4) is 0 Å². The molecule has 1 aliphatic rings. The molecule has 0 aromatic carbocycles. The van der Waals surface area contributed by atoms with Gasteiger partial charge in [-0.2, -0.15) is 13.2 Å². The van der Waals surface area contributed by atoms with E-state index in [4.69, 9.17) is 0 Å². The lowest BCUT2D eigenvalue weighted by Gasteiger charge is -2.36. The minimum atomic E-state index is -4.48. The summed E-state index contributed by atoms with van der Waals surface area (Å²) < 4.78 is 38.9. The smallest absolute Gasteiger partial charge is 0.357 e. The first-order valence-corrected chi connectivity index (χ1v) is 8.13. The Morgan fingerprint density at radius 2 is 1.77 bits per heavy atom. The van der Waals surface area contributed by atoms with Crippen molar-refractivity contribution in [3.63, 3.8) is 0 Å². The first-order chi connectivity index (χ1) is 12.4. The quantitative estimate of drug-likeness (QED) is 0.754. The van der Waals surface area contributed by atoms with E-state index in [1.165, 1.54) is 13.3 Å². The summed E-state index contributed by atoms with van der Waals surface area (Å²) in [6.07, 6.45) is -1.16. The molecule has 4 rings (SSSR count). The third kappa shape index (κ3) is 3.02. The van der Waals surface area contributed by atoms with Gasteiger partial charge in [-0.25, -0.2) is 19.9 Å². The highest BCUT2D eigenvalue weighted by Gasteiger charge is 2.34. The molecule has 0 unspecified atom stereocenters. The Morgan fingerprint density at radius 3 is 2.50 bits per heavy atom. The molecule has 136 valence electrons. The number of aromatic nitrogens is 5. The second-order valence-corrected chi connectivity index (χ2v) is 6.07. The van der Waals surface area contributed by atoms with Gasteiger partial charge in [-0.15, -0.1) is 0 Å². The van der Waals surface area contributed by atoms with Crippen molar-refractivity contribution >= 4 is 22.7 Å². The number of aryl methyl sites for hydroxylation is 1. The molecule has 3 aromatic rings. The number of hydrogen-bond acceptors (Lipinski definition) is 6. The minimum absolute atomic E-state index is 0.112. The third-order valence-corrected chi connectivity index (χ3v) is 4.34. The van der Waals surface area contributed by atoms with Gasteiger partial charge >= 0.3 is 6.18 Å². The molecule has 1 N–H and O–H groups in total. The number of rotatable bonds is 2. The summed E-state index contributed by atoms with van der Waals surface area (Å²) in [6.45, 7) is 3.79. The molecule has 0 spiro atoms. The van der Waals surface area contributed by atoms with Crippen LogP contribution in [0.25, 0.3) is 11.0 Å². The first kappa shape index (κ1) is 16.6. The predicted molar refractivity (Wildman–Crippen MR) is 90.1 cm³/mol. The molecule has 0 radical (unpaired) electrons. The Hall–Kier alpha value is -2.91. The molecule has 1 saturated heterocycles. The summed E-state index contributed by atoms with van der Waals surface area (Å²) in [5.41, 5.74) is 0.781. The number of anilines is 2. The van der Waals surface area contributed by atoms with Crippen LogP contribution in [0.2, 0.25) is 0 Å². The largest absolute Gasteiger partial charge is 0.433 e. The number of hydrogen-bond donors (Lipinski definition) is 1. The van der Waals surface area contributed by atoms with E-state index in [0.717, 1.165) is 22.9 Å². The minimum Gasteiger partial charge on any atom is -0.357 e. The number of piperazine rings is 1. The molecular weight excluding hydrogens is 347 g/mol. The van der Waals surface area contributed by atoms with E-state index in [1.807, 2.05) is 11.0 Å². The van der Waals surface area contributed by atoms with E-state index in [9.17, 15) is 13.2 Å². The summed E-state index contributed by atoms with van der Waals surface area (Å²) in [7, 11) is 0. The topological polar surface area (TPSA) is 73.8 Å². The monoisotopic (exact) mass is 363 g/mol. The second-order valence-electron chi connectivity index (χ2n) is 6.07.